The van der Waals surface area contributed by atoms with Gasteiger partial charge in [0.25, 0.3) is 0 Å². The van der Waals surface area contributed by atoms with Crippen LogP contribution < -0.4 is 5.32 Å². The van der Waals surface area contributed by atoms with Crippen molar-refractivity contribution >= 4 is 5.91 Å². The number of benzene rings is 2. The van der Waals surface area contributed by atoms with Crippen LogP contribution in [0.5, 0.6) is 0 Å². The van der Waals surface area contributed by atoms with Crippen LogP contribution >= 0.6 is 0 Å². The van der Waals surface area contributed by atoms with Gasteiger partial charge in [-0.05, 0) is 36.1 Å². The Balaban J connectivity index is 1.98. The highest BCUT2D eigenvalue weighted by Crippen LogP contribution is 2.31. The number of hydrogen-bond acceptors (Lipinski definition) is 2. The quantitative estimate of drug-likeness (QED) is 0.941. The van der Waals surface area contributed by atoms with Crippen LogP contribution in [0.3, 0.4) is 0 Å². The zero-order chi connectivity index (χ0) is 16.3. The van der Waals surface area contributed by atoms with Crippen LogP contribution in [0.4, 0.5) is 0 Å². The first-order chi connectivity index (χ1) is 11.1. The Morgan fingerprint density at radius 2 is 1.78 bits per heavy atom. The fourth-order valence-corrected chi connectivity index (χ4v) is 3.54. The highest BCUT2D eigenvalue weighted by Gasteiger charge is 2.42. The fourth-order valence-electron chi connectivity index (χ4n) is 3.54. The lowest BCUT2D eigenvalue weighted by molar-refractivity contribution is -0.135. The average Bonchev–Trinajstić information content (AvgIpc) is 3.05. The van der Waals surface area contributed by atoms with Crippen molar-refractivity contribution in [2.75, 3.05) is 20.6 Å². The van der Waals surface area contributed by atoms with E-state index < -0.39 is 5.54 Å². The smallest absolute Gasteiger partial charge is 0.242 e. The summed E-state index contributed by atoms with van der Waals surface area (Å²) in [5.74, 6) is 0.179. The maximum atomic E-state index is 12.8. The summed E-state index contributed by atoms with van der Waals surface area (Å²) in [6.45, 7) is 0.910. The fraction of sp³-hybridized carbons (Fsp3) is 0.350. The van der Waals surface area contributed by atoms with Crippen molar-refractivity contribution in [1.29, 1.82) is 0 Å². The molecule has 23 heavy (non-hydrogen) atoms. The Hall–Kier alpha value is -2.13. The standard InChI is InChI=1S/C20H24N2O/c1-22(2)19(23)20(13-8-14-21-20)15-17-11-6-7-12-18(17)16-9-4-3-5-10-16/h3-7,9-12,21H,8,13-15H2,1-2H3. The van der Waals surface area contributed by atoms with Crippen LogP contribution in [0, 0.1) is 0 Å². The number of carbonyl (C=O) groups is 1. The van der Waals surface area contributed by atoms with E-state index in [-0.39, 0.29) is 5.91 Å². The first-order valence-corrected chi connectivity index (χ1v) is 8.22. The van der Waals surface area contributed by atoms with E-state index in [1.165, 1.54) is 16.7 Å². The van der Waals surface area contributed by atoms with Gasteiger partial charge in [0.2, 0.25) is 5.91 Å². The third-order valence-corrected chi connectivity index (χ3v) is 4.65. The first kappa shape index (κ1) is 15.8. The molecule has 3 nitrogen and oxygen atoms in total. The average molecular weight is 308 g/mol. The SMILES string of the molecule is CN(C)C(=O)C1(Cc2ccccc2-c2ccccc2)CCCN1. The number of amides is 1. The van der Waals surface area contributed by atoms with Gasteiger partial charge in [0.15, 0.2) is 0 Å². The van der Waals surface area contributed by atoms with Crippen LogP contribution in [-0.4, -0.2) is 37.0 Å². The number of nitrogens with one attached hydrogen (secondary N) is 1. The van der Waals surface area contributed by atoms with Gasteiger partial charge in [0.1, 0.15) is 5.54 Å². The summed E-state index contributed by atoms with van der Waals surface area (Å²) in [5, 5.41) is 3.49. The topological polar surface area (TPSA) is 32.3 Å². The molecule has 0 aliphatic carbocycles. The normalized spacial score (nSPS) is 20.4. The number of carbonyl (C=O) groups excluding carboxylic acids is 1. The minimum absolute atomic E-state index is 0.179. The van der Waals surface area contributed by atoms with E-state index in [9.17, 15) is 4.79 Å². The van der Waals surface area contributed by atoms with Crippen LogP contribution in [0.2, 0.25) is 0 Å². The molecule has 0 aromatic heterocycles. The van der Waals surface area contributed by atoms with Crippen molar-refractivity contribution in [3.05, 3.63) is 60.2 Å². The van der Waals surface area contributed by atoms with Gasteiger partial charge in [0.05, 0.1) is 0 Å². The lowest BCUT2D eigenvalue weighted by Crippen LogP contribution is -2.54. The molecule has 1 atom stereocenters. The molecule has 0 bridgehead atoms. The maximum Gasteiger partial charge on any atom is 0.242 e. The van der Waals surface area contributed by atoms with E-state index in [1.807, 2.05) is 20.2 Å². The molecule has 1 aliphatic rings. The molecule has 1 unspecified atom stereocenters. The van der Waals surface area contributed by atoms with E-state index in [4.69, 9.17) is 0 Å². The molecule has 0 spiro atoms. The van der Waals surface area contributed by atoms with E-state index in [0.717, 1.165) is 25.8 Å². The highest BCUT2D eigenvalue weighted by atomic mass is 16.2. The van der Waals surface area contributed by atoms with Crippen molar-refractivity contribution in [3.8, 4) is 11.1 Å². The Labute approximate surface area is 138 Å². The number of likely N-dealkylation sites (N-methyl/N-ethyl adjacent to an activating group) is 1. The molecule has 2 aromatic carbocycles. The van der Waals surface area contributed by atoms with Crippen LogP contribution in [0.25, 0.3) is 11.1 Å². The summed E-state index contributed by atoms with van der Waals surface area (Å²) >= 11 is 0. The van der Waals surface area contributed by atoms with Crippen molar-refractivity contribution in [1.82, 2.24) is 10.2 Å². The summed E-state index contributed by atoms with van der Waals surface area (Å²) in [6.07, 6.45) is 2.68. The van der Waals surface area contributed by atoms with Gasteiger partial charge in [-0.3, -0.25) is 4.79 Å². The molecule has 1 aliphatic heterocycles. The van der Waals surface area contributed by atoms with E-state index in [2.05, 4.69) is 53.8 Å². The van der Waals surface area contributed by atoms with Crippen LogP contribution in [0.15, 0.2) is 54.6 Å². The molecule has 0 saturated carbocycles. The van der Waals surface area contributed by atoms with Gasteiger partial charge in [-0.15, -0.1) is 0 Å². The summed E-state index contributed by atoms with van der Waals surface area (Å²) < 4.78 is 0. The van der Waals surface area contributed by atoms with Crippen molar-refractivity contribution in [2.24, 2.45) is 0 Å². The summed E-state index contributed by atoms with van der Waals surface area (Å²) in [5.41, 5.74) is 3.18. The van der Waals surface area contributed by atoms with Crippen molar-refractivity contribution < 1.29 is 4.79 Å². The van der Waals surface area contributed by atoms with Gasteiger partial charge < -0.3 is 10.2 Å². The Kier molecular flexibility index (Phi) is 4.49. The molecule has 1 amide bonds. The largest absolute Gasteiger partial charge is 0.347 e. The number of hydrogen-bond donors (Lipinski definition) is 1. The monoisotopic (exact) mass is 308 g/mol. The van der Waals surface area contributed by atoms with E-state index >= 15 is 0 Å². The number of nitrogens with zero attached hydrogens (tertiary/aromatic N) is 1. The Morgan fingerprint density at radius 3 is 2.43 bits per heavy atom. The molecule has 1 saturated heterocycles. The van der Waals surface area contributed by atoms with Gasteiger partial charge in [-0.2, -0.15) is 0 Å². The summed E-state index contributed by atoms with van der Waals surface area (Å²) in [6, 6.07) is 18.8. The molecule has 3 rings (SSSR count). The molecule has 2 aromatic rings. The van der Waals surface area contributed by atoms with Crippen molar-refractivity contribution in [3.63, 3.8) is 0 Å². The lowest BCUT2D eigenvalue weighted by atomic mass is 9.85. The van der Waals surface area contributed by atoms with Crippen molar-refractivity contribution in [2.45, 2.75) is 24.8 Å². The molecule has 0 radical (unpaired) electrons. The zero-order valence-electron chi connectivity index (χ0n) is 13.9. The number of rotatable bonds is 4. The Morgan fingerprint density at radius 1 is 1.09 bits per heavy atom. The molecule has 1 fully saturated rings. The van der Waals surface area contributed by atoms with Gasteiger partial charge in [-0.1, -0.05) is 54.6 Å². The molecule has 1 N–H and O–H groups in total. The molecular formula is C20H24N2O. The van der Waals surface area contributed by atoms with E-state index in [1.54, 1.807) is 4.90 Å². The highest BCUT2D eigenvalue weighted by molar-refractivity contribution is 5.87. The molecule has 3 heteroatoms. The molecule has 1 heterocycles. The van der Waals surface area contributed by atoms with Gasteiger partial charge in [0, 0.05) is 20.5 Å². The summed E-state index contributed by atoms with van der Waals surface area (Å²) in [7, 11) is 3.68. The first-order valence-electron chi connectivity index (χ1n) is 8.22. The third kappa shape index (κ3) is 3.15. The third-order valence-electron chi connectivity index (χ3n) is 4.65. The van der Waals surface area contributed by atoms with Crippen LogP contribution in [-0.2, 0) is 11.2 Å². The second-order valence-corrected chi connectivity index (χ2v) is 6.51. The van der Waals surface area contributed by atoms with Gasteiger partial charge >= 0.3 is 0 Å². The van der Waals surface area contributed by atoms with Crippen LogP contribution in [0.1, 0.15) is 18.4 Å². The Bertz CT molecular complexity index is 673. The minimum Gasteiger partial charge on any atom is -0.347 e. The van der Waals surface area contributed by atoms with Gasteiger partial charge in [-0.25, -0.2) is 0 Å². The second kappa shape index (κ2) is 6.55. The predicted molar refractivity (Wildman–Crippen MR) is 94.2 cm³/mol. The lowest BCUT2D eigenvalue weighted by Gasteiger charge is -2.32. The minimum atomic E-state index is -0.464. The maximum absolute atomic E-state index is 12.8. The zero-order valence-corrected chi connectivity index (χ0v) is 13.9. The predicted octanol–water partition coefficient (Wildman–Crippen LogP) is 3.11. The summed E-state index contributed by atoms with van der Waals surface area (Å²) in [4.78, 5) is 14.5. The van der Waals surface area contributed by atoms with E-state index in [0.29, 0.717) is 0 Å². The molecule has 120 valence electrons. The second-order valence-electron chi connectivity index (χ2n) is 6.51. The molecular weight excluding hydrogens is 284 g/mol.